The van der Waals surface area contributed by atoms with Crippen LogP contribution in [0.3, 0.4) is 0 Å². The molecule has 3 N–H and O–H groups in total. The number of carbonyl (C=O) groups excluding carboxylic acids is 1. The Morgan fingerprint density at radius 3 is 2.38 bits per heavy atom. The van der Waals surface area contributed by atoms with Crippen LogP contribution in [0.5, 0.6) is 0 Å². The fourth-order valence-corrected chi connectivity index (χ4v) is 3.21. The van der Waals surface area contributed by atoms with Crippen molar-refractivity contribution in [3.8, 4) is 0 Å². The summed E-state index contributed by atoms with van der Waals surface area (Å²) in [6.45, 7) is 6.63. The first-order valence-corrected chi connectivity index (χ1v) is 7.71. The van der Waals surface area contributed by atoms with Crippen molar-refractivity contribution >= 4 is 5.91 Å². The summed E-state index contributed by atoms with van der Waals surface area (Å²) < 4.78 is 0. The third-order valence-corrected chi connectivity index (χ3v) is 4.26. The van der Waals surface area contributed by atoms with Crippen LogP contribution in [0.1, 0.15) is 42.1 Å². The van der Waals surface area contributed by atoms with Gasteiger partial charge in [-0.15, -0.1) is 0 Å². The number of nitrogens with two attached hydrogens (primary N) is 1. The van der Waals surface area contributed by atoms with Crippen molar-refractivity contribution in [3.63, 3.8) is 0 Å². The quantitative estimate of drug-likeness (QED) is 0.870. The highest BCUT2D eigenvalue weighted by molar-refractivity contribution is 5.73. The van der Waals surface area contributed by atoms with E-state index in [1.165, 1.54) is 11.1 Å². The Balaban J connectivity index is 1.86. The number of β-amino-alcohol motifs (C(OH)–C–C–N with tert-alkyl or cyclic N) is 1. The zero-order valence-corrected chi connectivity index (χ0v) is 13.0. The lowest BCUT2D eigenvalue weighted by molar-refractivity contribution is -0.119. The lowest BCUT2D eigenvalue weighted by Crippen LogP contribution is -2.37. The summed E-state index contributed by atoms with van der Waals surface area (Å²) in [6.07, 6.45) is 2.02. The highest BCUT2D eigenvalue weighted by Crippen LogP contribution is 2.23. The Morgan fingerprint density at radius 2 is 1.86 bits per heavy atom. The Kier molecular flexibility index (Phi) is 5.37. The second kappa shape index (κ2) is 7.05. The molecule has 0 radical (unpaired) electrons. The average molecular weight is 290 g/mol. The molecule has 0 bridgehead atoms. The fourth-order valence-electron chi connectivity index (χ4n) is 3.21. The zero-order valence-electron chi connectivity index (χ0n) is 13.0. The summed E-state index contributed by atoms with van der Waals surface area (Å²) in [5.41, 5.74) is 8.61. The van der Waals surface area contributed by atoms with E-state index in [1.54, 1.807) is 0 Å². The Hall–Kier alpha value is -1.39. The normalized spacial score (nSPS) is 18.6. The lowest BCUT2D eigenvalue weighted by Gasteiger charge is -2.32. The number of aryl methyl sites for hydroxylation is 2. The first-order chi connectivity index (χ1) is 9.94. The number of benzene rings is 1. The number of carbonyl (C=O) groups is 1. The fraction of sp³-hybridized carbons (Fsp3) is 0.588. The minimum Gasteiger partial charge on any atom is -0.387 e. The van der Waals surface area contributed by atoms with Crippen molar-refractivity contribution in [1.29, 1.82) is 0 Å². The molecular formula is C17H26N2O2. The van der Waals surface area contributed by atoms with Gasteiger partial charge in [0, 0.05) is 13.0 Å². The maximum atomic E-state index is 10.9. The zero-order chi connectivity index (χ0) is 15.4. The van der Waals surface area contributed by atoms with Crippen molar-refractivity contribution in [2.75, 3.05) is 19.6 Å². The number of hydrogen-bond donors (Lipinski definition) is 2. The largest absolute Gasteiger partial charge is 0.387 e. The van der Waals surface area contributed by atoms with Crippen molar-refractivity contribution in [2.24, 2.45) is 11.7 Å². The molecule has 4 heteroatoms. The molecule has 1 unspecified atom stereocenters. The molecule has 21 heavy (non-hydrogen) atoms. The SMILES string of the molecule is Cc1cc(C)cc(C(O)CN2CCC(CC(N)=O)CC2)c1. The van der Waals surface area contributed by atoms with Gasteiger partial charge in [0.2, 0.25) is 5.91 Å². The van der Waals surface area contributed by atoms with Crippen LogP contribution in [0.2, 0.25) is 0 Å². The second-order valence-electron chi connectivity index (χ2n) is 6.35. The molecule has 1 fully saturated rings. The molecule has 1 saturated heterocycles. The summed E-state index contributed by atoms with van der Waals surface area (Å²) in [7, 11) is 0. The van der Waals surface area contributed by atoms with E-state index in [9.17, 15) is 9.90 Å². The van der Waals surface area contributed by atoms with Crippen LogP contribution in [-0.4, -0.2) is 35.5 Å². The molecule has 1 amide bonds. The highest BCUT2D eigenvalue weighted by atomic mass is 16.3. The van der Waals surface area contributed by atoms with Gasteiger partial charge in [-0.3, -0.25) is 4.79 Å². The van der Waals surface area contributed by atoms with Crippen molar-refractivity contribution < 1.29 is 9.90 Å². The van der Waals surface area contributed by atoms with Crippen LogP contribution in [-0.2, 0) is 4.79 Å². The molecule has 1 aromatic carbocycles. The smallest absolute Gasteiger partial charge is 0.217 e. The first kappa shape index (κ1) is 16.0. The average Bonchev–Trinajstić information content (AvgIpc) is 2.39. The summed E-state index contributed by atoms with van der Waals surface area (Å²) in [6, 6.07) is 6.22. The number of nitrogens with zero attached hydrogens (tertiary/aromatic N) is 1. The van der Waals surface area contributed by atoms with E-state index in [-0.39, 0.29) is 5.91 Å². The van der Waals surface area contributed by atoms with Gasteiger partial charge in [-0.05, 0) is 51.3 Å². The number of likely N-dealkylation sites (tertiary alicyclic amines) is 1. The van der Waals surface area contributed by atoms with E-state index in [0.717, 1.165) is 31.5 Å². The molecule has 0 aromatic heterocycles. The van der Waals surface area contributed by atoms with Gasteiger partial charge < -0.3 is 15.7 Å². The monoisotopic (exact) mass is 290 g/mol. The molecule has 4 nitrogen and oxygen atoms in total. The predicted octanol–water partition coefficient (Wildman–Crippen LogP) is 1.92. The molecule has 0 spiro atoms. The number of piperidine rings is 1. The first-order valence-electron chi connectivity index (χ1n) is 7.71. The van der Waals surface area contributed by atoms with E-state index in [0.29, 0.717) is 18.9 Å². The molecule has 1 atom stereocenters. The van der Waals surface area contributed by atoms with Crippen molar-refractivity contribution in [2.45, 2.75) is 39.2 Å². The van der Waals surface area contributed by atoms with E-state index in [1.807, 2.05) is 0 Å². The van der Waals surface area contributed by atoms with Crippen molar-refractivity contribution in [3.05, 3.63) is 34.9 Å². The van der Waals surface area contributed by atoms with E-state index in [4.69, 9.17) is 5.73 Å². The lowest BCUT2D eigenvalue weighted by atomic mass is 9.93. The molecule has 2 rings (SSSR count). The Morgan fingerprint density at radius 1 is 1.29 bits per heavy atom. The second-order valence-corrected chi connectivity index (χ2v) is 6.35. The van der Waals surface area contributed by atoms with Gasteiger partial charge in [-0.1, -0.05) is 29.3 Å². The molecule has 0 aliphatic carbocycles. The van der Waals surface area contributed by atoms with Crippen LogP contribution in [0.15, 0.2) is 18.2 Å². The Labute approximate surface area is 126 Å². The van der Waals surface area contributed by atoms with Crippen LogP contribution < -0.4 is 5.73 Å². The number of aliphatic hydroxyl groups is 1. The van der Waals surface area contributed by atoms with Gasteiger partial charge in [-0.25, -0.2) is 0 Å². The number of rotatable bonds is 5. The summed E-state index contributed by atoms with van der Waals surface area (Å²) in [5, 5.41) is 10.4. The molecule has 1 heterocycles. The maximum Gasteiger partial charge on any atom is 0.217 e. The van der Waals surface area contributed by atoms with Crippen LogP contribution in [0.25, 0.3) is 0 Å². The number of hydrogen-bond acceptors (Lipinski definition) is 3. The van der Waals surface area contributed by atoms with E-state index >= 15 is 0 Å². The van der Waals surface area contributed by atoms with Gasteiger partial charge in [0.05, 0.1) is 6.10 Å². The minimum atomic E-state index is -0.448. The van der Waals surface area contributed by atoms with Gasteiger partial charge >= 0.3 is 0 Å². The van der Waals surface area contributed by atoms with E-state index in [2.05, 4.69) is 36.9 Å². The third kappa shape index (κ3) is 4.83. The van der Waals surface area contributed by atoms with Crippen LogP contribution >= 0.6 is 0 Å². The molecule has 116 valence electrons. The number of aliphatic hydroxyl groups excluding tert-OH is 1. The Bertz CT molecular complexity index is 473. The topological polar surface area (TPSA) is 66.6 Å². The van der Waals surface area contributed by atoms with E-state index < -0.39 is 6.10 Å². The minimum absolute atomic E-state index is 0.205. The summed E-state index contributed by atoms with van der Waals surface area (Å²) >= 11 is 0. The van der Waals surface area contributed by atoms with Gasteiger partial charge in [0.25, 0.3) is 0 Å². The maximum absolute atomic E-state index is 10.9. The molecule has 1 aliphatic rings. The molecule has 1 aliphatic heterocycles. The van der Waals surface area contributed by atoms with Gasteiger partial charge in [0.15, 0.2) is 0 Å². The predicted molar refractivity (Wildman–Crippen MR) is 83.9 cm³/mol. The molecule has 1 aromatic rings. The van der Waals surface area contributed by atoms with Gasteiger partial charge in [-0.2, -0.15) is 0 Å². The van der Waals surface area contributed by atoms with Crippen LogP contribution in [0.4, 0.5) is 0 Å². The summed E-state index contributed by atoms with van der Waals surface area (Å²) in [4.78, 5) is 13.2. The van der Waals surface area contributed by atoms with Crippen LogP contribution in [0, 0.1) is 19.8 Å². The number of amides is 1. The summed E-state index contributed by atoms with van der Waals surface area (Å²) in [5.74, 6) is 0.209. The van der Waals surface area contributed by atoms with Gasteiger partial charge in [0.1, 0.15) is 0 Å². The highest BCUT2D eigenvalue weighted by Gasteiger charge is 2.22. The van der Waals surface area contributed by atoms with Crippen molar-refractivity contribution in [1.82, 2.24) is 4.90 Å². The molecule has 0 saturated carbocycles. The molecular weight excluding hydrogens is 264 g/mol. The number of primary amides is 1. The standard InChI is InChI=1S/C17H26N2O2/c1-12-7-13(2)9-15(8-12)16(20)11-19-5-3-14(4-6-19)10-17(18)21/h7-9,14,16,20H,3-6,10-11H2,1-2H3,(H2,18,21). The third-order valence-electron chi connectivity index (χ3n) is 4.26.